The van der Waals surface area contributed by atoms with Crippen LogP contribution in [0.5, 0.6) is 0 Å². The second-order valence-electron chi connectivity index (χ2n) is 4.36. The van der Waals surface area contributed by atoms with Gasteiger partial charge in [-0.3, -0.25) is 4.79 Å². The van der Waals surface area contributed by atoms with Crippen LogP contribution in [0.4, 0.5) is 0 Å². The standard InChI is InChI=1S/C14H15BrN2OS/c1-10-16-8-12(19-10)9-17(2)14(18)7-11-5-3-4-6-13(11)15/h3-6,8H,7,9H2,1-2H3. The molecule has 0 saturated carbocycles. The van der Waals surface area contributed by atoms with Gasteiger partial charge in [0.2, 0.25) is 5.91 Å². The van der Waals surface area contributed by atoms with Crippen LogP contribution >= 0.6 is 27.3 Å². The zero-order valence-electron chi connectivity index (χ0n) is 10.9. The third-order valence-electron chi connectivity index (χ3n) is 2.79. The molecule has 0 aliphatic rings. The zero-order valence-corrected chi connectivity index (χ0v) is 13.3. The summed E-state index contributed by atoms with van der Waals surface area (Å²) in [5, 5.41) is 1.03. The molecule has 5 heteroatoms. The Labute approximate surface area is 125 Å². The Bertz CT molecular complexity index is 582. The van der Waals surface area contributed by atoms with Gasteiger partial charge in [-0.1, -0.05) is 34.1 Å². The van der Waals surface area contributed by atoms with Crippen LogP contribution < -0.4 is 0 Å². The molecule has 0 unspecified atom stereocenters. The molecule has 2 aromatic rings. The number of rotatable bonds is 4. The average molecular weight is 339 g/mol. The lowest BCUT2D eigenvalue weighted by Crippen LogP contribution is -2.27. The molecule has 0 bridgehead atoms. The van der Waals surface area contributed by atoms with Crippen LogP contribution in [0.1, 0.15) is 15.4 Å². The number of halogens is 1. The molecule has 0 atom stereocenters. The number of likely N-dealkylation sites (N-methyl/N-ethyl adjacent to an activating group) is 1. The molecule has 0 radical (unpaired) electrons. The molecule has 100 valence electrons. The molecule has 0 spiro atoms. The first-order valence-electron chi connectivity index (χ1n) is 5.95. The third-order valence-corrected chi connectivity index (χ3v) is 4.46. The smallest absolute Gasteiger partial charge is 0.227 e. The Balaban J connectivity index is 1.98. The first-order chi connectivity index (χ1) is 9.06. The number of carbonyl (C=O) groups excluding carboxylic acids is 1. The van der Waals surface area contributed by atoms with E-state index in [9.17, 15) is 4.79 Å². The fourth-order valence-electron chi connectivity index (χ4n) is 1.74. The Morgan fingerprint density at radius 2 is 2.16 bits per heavy atom. The SMILES string of the molecule is Cc1ncc(CN(C)C(=O)Cc2ccccc2Br)s1. The van der Waals surface area contributed by atoms with Crippen LogP contribution in [-0.2, 0) is 17.8 Å². The van der Waals surface area contributed by atoms with Crippen LogP contribution in [0, 0.1) is 6.92 Å². The predicted octanol–water partition coefficient (Wildman–Crippen LogP) is 3.42. The predicted molar refractivity (Wildman–Crippen MR) is 81.2 cm³/mol. The maximum Gasteiger partial charge on any atom is 0.227 e. The summed E-state index contributed by atoms with van der Waals surface area (Å²) < 4.78 is 0.977. The Kier molecular flexibility index (Phi) is 4.71. The first kappa shape index (κ1) is 14.2. The van der Waals surface area contributed by atoms with Gasteiger partial charge in [0.25, 0.3) is 0 Å². The molecule has 1 aromatic heterocycles. The summed E-state index contributed by atoms with van der Waals surface area (Å²) in [6, 6.07) is 7.81. The summed E-state index contributed by atoms with van der Waals surface area (Å²) >= 11 is 5.09. The molecule has 0 saturated heterocycles. The molecule has 0 aliphatic heterocycles. The Morgan fingerprint density at radius 3 is 2.79 bits per heavy atom. The van der Waals surface area contributed by atoms with Crippen molar-refractivity contribution < 1.29 is 4.79 Å². The molecule has 2 rings (SSSR count). The molecular weight excluding hydrogens is 324 g/mol. The number of aromatic nitrogens is 1. The van der Waals surface area contributed by atoms with E-state index in [1.807, 2.05) is 44.4 Å². The minimum absolute atomic E-state index is 0.109. The van der Waals surface area contributed by atoms with Gasteiger partial charge in [-0.15, -0.1) is 11.3 Å². The van der Waals surface area contributed by atoms with E-state index in [-0.39, 0.29) is 5.91 Å². The van der Waals surface area contributed by atoms with Gasteiger partial charge < -0.3 is 4.90 Å². The number of hydrogen-bond donors (Lipinski definition) is 0. The number of nitrogens with zero attached hydrogens (tertiary/aromatic N) is 2. The summed E-state index contributed by atoms with van der Waals surface area (Å²) in [6.07, 6.45) is 2.25. The van der Waals surface area contributed by atoms with Crippen molar-refractivity contribution in [1.82, 2.24) is 9.88 Å². The highest BCUT2D eigenvalue weighted by Crippen LogP contribution is 2.18. The number of amides is 1. The van der Waals surface area contributed by atoms with Crippen molar-refractivity contribution in [2.75, 3.05) is 7.05 Å². The molecule has 19 heavy (non-hydrogen) atoms. The van der Waals surface area contributed by atoms with Crippen molar-refractivity contribution in [3.05, 3.63) is 50.4 Å². The highest BCUT2D eigenvalue weighted by molar-refractivity contribution is 9.10. The topological polar surface area (TPSA) is 33.2 Å². The van der Waals surface area contributed by atoms with Crippen molar-refractivity contribution in [2.45, 2.75) is 19.9 Å². The molecular formula is C14H15BrN2OS. The van der Waals surface area contributed by atoms with Crippen molar-refractivity contribution in [3.63, 3.8) is 0 Å². The molecule has 0 aliphatic carbocycles. The maximum atomic E-state index is 12.2. The van der Waals surface area contributed by atoms with Gasteiger partial charge in [0.05, 0.1) is 18.0 Å². The van der Waals surface area contributed by atoms with Gasteiger partial charge >= 0.3 is 0 Å². The number of aryl methyl sites for hydroxylation is 1. The van der Waals surface area contributed by atoms with Crippen molar-refractivity contribution in [2.24, 2.45) is 0 Å². The molecule has 1 amide bonds. The van der Waals surface area contributed by atoms with Gasteiger partial charge in [0.1, 0.15) is 0 Å². The highest BCUT2D eigenvalue weighted by Gasteiger charge is 2.12. The van der Waals surface area contributed by atoms with Crippen molar-refractivity contribution >= 4 is 33.2 Å². The van der Waals surface area contributed by atoms with Gasteiger partial charge in [0, 0.05) is 22.6 Å². The number of thiazole rings is 1. The lowest BCUT2D eigenvalue weighted by molar-refractivity contribution is -0.129. The van der Waals surface area contributed by atoms with E-state index >= 15 is 0 Å². The number of benzene rings is 1. The zero-order chi connectivity index (χ0) is 13.8. The van der Waals surface area contributed by atoms with Crippen molar-refractivity contribution in [3.8, 4) is 0 Å². The second-order valence-corrected chi connectivity index (χ2v) is 6.54. The second kappa shape index (κ2) is 6.30. The first-order valence-corrected chi connectivity index (χ1v) is 7.56. The minimum atomic E-state index is 0.109. The van der Waals surface area contributed by atoms with E-state index in [2.05, 4.69) is 20.9 Å². The summed E-state index contributed by atoms with van der Waals surface area (Å²) in [5.74, 6) is 0.109. The van der Waals surface area contributed by atoms with Crippen LogP contribution in [0.25, 0.3) is 0 Å². The minimum Gasteiger partial charge on any atom is -0.340 e. The third kappa shape index (κ3) is 3.88. The molecule has 3 nitrogen and oxygen atoms in total. The highest BCUT2D eigenvalue weighted by atomic mass is 79.9. The van der Waals surface area contributed by atoms with Crippen LogP contribution in [0.15, 0.2) is 34.9 Å². The van der Waals surface area contributed by atoms with Gasteiger partial charge in [-0.05, 0) is 18.6 Å². The van der Waals surface area contributed by atoms with E-state index in [1.54, 1.807) is 16.2 Å². The van der Waals surface area contributed by atoms with Crippen LogP contribution in [-0.4, -0.2) is 22.8 Å². The monoisotopic (exact) mass is 338 g/mol. The lowest BCUT2D eigenvalue weighted by Gasteiger charge is -2.16. The van der Waals surface area contributed by atoms with Crippen LogP contribution in [0.3, 0.4) is 0 Å². The number of carbonyl (C=O) groups is 1. The Hall–Kier alpha value is -1.20. The number of hydrogen-bond acceptors (Lipinski definition) is 3. The van der Waals surface area contributed by atoms with E-state index < -0.39 is 0 Å². The summed E-state index contributed by atoms with van der Waals surface area (Å²) in [5.41, 5.74) is 1.01. The van der Waals surface area contributed by atoms with E-state index in [1.165, 1.54) is 0 Å². The van der Waals surface area contributed by atoms with Crippen molar-refractivity contribution in [1.29, 1.82) is 0 Å². The maximum absolute atomic E-state index is 12.2. The average Bonchev–Trinajstić information content (AvgIpc) is 2.77. The quantitative estimate of drug-likeness (QED) is 0.855. The van der Waals surface area contributed by atoms with Gasteiger partial charge in [-0.25, -0.2) is 4.98 Å². The molecule has 1 aromatic carbocycles. The molecule has 0 N–H and O–H groups in total. The van der Waals surface area contributed by atoms with Gasteiger partial charge in [0.15, 0.2) is 0 Å². The molecule has 0 fully saturated rings. The largest absolute Gasteiger partial charge is 0.340 e. The summed E-state index contributed by atoms with van der Waals surface area (Å²) in [7, 11) is 1.83. The summed E-state index contributed by atoms with van der Waals surface area (Å²) in [6.45, 7) is 2.59. The lowest BCUT2D eigenvalue weighted by atomic mass is 10.1. The van der Waals surface area contributed by atoms with E-state index in [0.29, 0.717) is 13.0 Å². The van der Waals surface area contributed by atoms with Crippen LogP contribution in [0.2, 0.25) is 0 Å². The van der Waals surface area contributed by atoms with E-state index in [0.717, 1.165) is 19.9 Å². The normalized spacial score (nSPS) is 10.5. The molecule has 1 heterocycles. The van der Waals surface area contributed by atoms with Gasteiger partial charge in [-0.2, -0.15) is 0 Å². The van der Waals surface area contributed by atoms with E-state index in [4.69, 9.17) is 0 Å². The fourth-order valence-corrected chi connectivity index (χ4v) is 3.01. The summed E-state index contributed by atoms with van der Waals surface area (Å²) in [4.78, 5) is 19.2. The fraction of sp³-hybridized carbons (Fsp3) is 0.286. The Morgan fingerprint density at radius 1 is 1.42 bits per heavy atom.